The second-order valence-electron chi connectivity index (χ2n) is 8.35. The first-order valence-corrected chi connectivity index (χ1v) is 13.6. The standard InChI is InChI=1S/C26H18ClN7O3S2/c27-22-5-3-19(39-22)11-29-23-8-21(32-34(23)26(36)17-10-31-38-14-17)25-20(16-2-1-7-28-9-16)4-6-24(35)33(25)12-18-13-37-15-30-18/h1-10,13-15,29H,11-12H2. The third-order valence-electron chi connectivity index (χ3n) is 5.86. The van der Waals surface area contributed by atoms with E-state index in [4.69, 9.17) is 21.1 Å². The minimum absolute atomic E-state index is 0.143. The van der Waals surface area contributed by atoms with Crippen molar-refractivity contribution in [1.82, 2.24) is 28.7 Å². The third-order valence-corrected chi connectivity index (χ3v) is 7.67. The summed E-state index contributed by atoms with van der Waals surface area (Å²) in [5.74, 6) is 0.0955. The lowest BCUT2D eigenvalue weighted by molar-refractivity contribution is 0.0948. The summed E-state index contributed by atoms with van der Waals surface area (Å²) in [6, 6.07) is 12.4. The highest BCUT2D eigenvalue weighted by molar-refractivity contribution is 7.16. The van der Waals surface area contributed by atoms with E-state index in [1.165, 1.54) is 52.5 Å². The molecule has 0 fully saturated rings. The number of rotatable bonds is 8. The van der Waals surface area contributed by atoms with Gasteiger partial charge in [-0.25, -0.2) is 9.36 Å². The monoisotopic (exact) mass is 575 g/mol. The number of hydrogen-bond donors (Lipinski definition) is 1. The van der Waals surface area contributed by atoms with Gasteiger partial charge in [-0.1, -0.05) is 17.7 Å². The summed E-state index contributed by atoms with van der Waals surface area (Å²) in [7, 11) is 0. The Kier molecular flexibility index (Phi) is 6.88. The molecule has 0 unspecified atom stereocenters. The zero-order valence-corrected chi connectivity index (χ0v) is 22.4. The van der Waals surface area contributed by atoms with Gasteiger partial charge in [0.05, 0.1) is 40.6 Å². The van der Waals surface area contributed by atoms with Crippen molar-refractivity contribution in [2.45, 2.75) is 13.1 Å². The van der Waals surface area contributed by atoms with Crippen molar-refractivity contribution >= 4 is 46.2 Å². The highest BCUT2D eigenvalue weighted by Crippen LogP contribution is 2.33. The molecule has 6 rings (SSSR count). The molecule has 0 aliphatic carbocycles. The lowest BCUT2D eigenvalue weighted by atomic mass is 10.0. The molecule has 0 saturated carbocycles. The SMILES string of the molecule is O=C(c1cnsc1)n1nc(-c2c(-c3cccnc3)ccc(=O)n2Cc2cocn2)cc1NCc1ccc(Cl)s1. The second kappa shape index (κ2) is 10.8. The average molecular weight is 576 g/mol. The molecule has 10 nitrogen and oxygen atoms in total. The van der Waals surface area contributed by atoms with Gasteiger partial charge in [-0.15, -0.1) is 11.3 Å². The number of halogens is 1. The number of nitrogens with zero attached hydrogens (tertiary/aromatic N) is 6. The van der Waals surface area contributed by atoms with Crippen molar-refractivity contribution in [3.63, 3.8) is 0 Å². The molecule has 0 bridgehead atoms. The Morgan fingerprint density at radius 2 is 2.08 bits per heavy atom. The number of hydrogen-bond acceptors (Lipinski definition) is 10. The van der Waals surface area contributed by atoms with Crippen LogP contribution in [0.15, 0.2) is 88.3 Å². The summed E-state index contributed by atoms with van der Waals surface area (Å²) in [4.78, 5) is 36.1. The van der Waals surface area contributed by atoms with Crippen LogP contribution >= 0.6 is 34.5 Å². The number of carbonyl (C=O) groups is 1. The zero-order chi connectivity index (χ0) is 26.8. The van der Waals surface area contributed by atoms with Crippen molar-refractivity contribution in [2.24, 2.45) is 0 Å². The van der Waals surface area contributed by atoms with Crippen LogP contribution in [-0.2, 0) is 13.1 Å². The van der Waals surface area contributed by atoms with Crippen molar-refractivity contribution in [2.75, 3.05) is 5.32 Å². The molecule has 0 radical (unpaired) electrons. The Bertz CT molecular complexity index is 1790. The molecule has 0 aliphatic rings. The van der Waals surface area contributed by atoms with Gasteiger partial charge < -0.3 is 9.73 Å². The van der Waals surface area contributed by atoms with Crippen LogP contribution in [0, 0.1) is 0 Å². The number of oxazole rings is 1. The van der Waals surface area contributed by atoms with E-state index in [0.29, 0.717) is 39.3 Å². The van der Waals surface area contributed by atoms with E-state index < -0.39 is 0 Å². The highest BCUT2D eigenvalue weighted by atomic mass is 35.5. The zero-order valence-electron chi connectivity index (χ0n) is 20.0. The molecule has 6 heterocycles. The summed E-state index contributed by atoms with van der Waals surface area (Å²) >= 11 is 8.72. The van der Waals surface area contributed by atoms with E-state index in [0.717, 1.165) is 16.0 Å². The predicted octanol–water partition coefficient (Wildman–Crippen LogP) is 5.28. The van der Waals surface area contributed by atoms with Crippen molar-refractivity contribution in [3.05, 3.63) is 110 Å². The number of anilines is 1. The van der Waals surface area contributed by atoms with E-state index in [1.54, 1.807) is 34.5 Å². The van der Waals surface area contributed by atoms with Crippen LogP contribution in [0.1, 0.15) is 20.9 Å². The van der Waals surface area contributed by atoms with Crippen molar-refractivity contribution < 1.29 is 9.21 Å². The predicted molar refractivity (Wildman–Crippen MR) is 149 cm³/mol. The number of pyridine rings is 2. The van der Waals surface area contributed by atoms with Gasteiger partial charge in [-0.2, -0.15) is 9.78 Å². The van der Waals surface area contributed by atoms with Crippen LogP contribution < -0.4 is 10.9 Å². The first-order chi connectivity index (χ1) is 19.1. The van der Waals surface area contributed by atoms with Crippen LogP contribution in [0.4, 0.5) is 5.82 Å². The maximum absolute atomic E-state index is 13.5. The number of thiophene rings is 1. The smallest absolute Gasteiger partial charge is 0.282 e. The maximum Gasteiger partial charge on any atom is 0.282 e. The summed E-state index contributed by atoms with van der Waals surface area (Å²) < 4.78 is 12.7. The van der Waals surface area contributed by atoms with Gasteiger partial charge in [-0.3, -0.25) is 19.1 Å². The Morgan fingerprint density at radius 1 is 1.15 bits per heavy atom. The fraction of sp³-hybridized carbons (Fsp3) is 0.0769. The quantitative estimate of drug-likeness (QED) is 0.260. The molecule has 6 aromatic rings. The Hall–Kier alpha value is -4.39. The fourth-order valence-corrected chi connectivity index (χ4v) is 5.62. The van der Waals surface area contributed by atoms with Crippen LogP contribution in [-0.4, -0.2) is 34.6 Å². The topological polar surface area (TPSA) is 121 Å². The lowest BCUT2D eigenvalue weighted by Gasteiger charge is -2.15. The molecular weight excluding hydrogens is 558 g/mol. The summed E-state index contributed by atoms with van der Waals surface area (Å²) in [6.45, 7) is 0.568. The van der Waals surface area contributed by atoms with Crippen LogP contribution in [0.2, 0.25) is 4.34 Å². The van der Waals surface area contributed by atoms with Gasteiger partial charge in [-0.05, 0) is 35.8 Å². The third kappa shape index (κ3) is 5.17. The minimum atomic E-state index is -0.356. The molecule has 13 heteroatoms. The Balaban J connectivity index is 1.52. The number of aromatic nitrogens is 6. The largest absolute Gasteiger partial charge is 0.451 e. The van der Waals surface area contributed by atoms with Gasteiger partial charge in [0.1, 0.15) is 17.8 Å². The van der Waals surface area contributed by atoms with Gasteiger partial charge in [0.25, 0.3) is 11.5 Å². The average Bonchev–Trinajstić information content (AvgIpc) is 3.77. The Labute approximate surface area is 234 Å². The summed E-state index contributed by atoms with van der Waals surface area (Å²) in [5.41, 5.74) is 3.14. The van der Waals surface area contributed by atoms with Crippen LogP contribution in [0.3, 0.4) is 0 Å². The van der Waals surface area contributed by atoms with E-state index in [-0.39, 0.29) is 18.0 Å². The van der Waals surface area contributed by atoms with Gasteiger partial charge in [0, 0.05) is 45.9 Å². The molecule has 0 atom stereocenters. The summed E-state index contributed by atoms with van der Waals surface area (Å²) in [5, 5.41) is 9.67. The molecule has 0 amide bonds. The first-order valence-electron chi connectivity index (χ1n) is 11.6. The van der Waals surface area contributed by atoms with Crippen LogP contribution in [0.5, 0.6) is 0 Å². The Morgan fingerprint density at radius 3 is 2.79 bits per heavy atom. The molecule has 1 N–H and O–H groups in total. The normalized spacial score (nSPS) is 11.1. The molecule has 0 aliphatic heterocycles. The van der Waals surface area contributed by atoms with Gasteiger partial charge in [0.15, 0.2) is 6.39 Å². The summed E-state index contributed by atoms with van der Waals surface area (Å²) in [6.07, 6.45) is 7.68. The van der Waals surface area contributed by atoms with Gasteiger partial charge in [0.2, 0.25) is 0 Å². The molecule has 0 saturated heterocycles. The van der Waals surface area contributed by atoms with E-state index in [1.807, 2.05) is 24.3 Å². The molecule has 39 heavy (non-hydrogen) atoms. The van der Waals surface area contributed by atoms with Crippen LogP contribution in [0.25, 0.3) is 22.5 Å². The van der Waals surface area contributed by atoms with Gasteiger partial charge >= 0.3 is 0 Å². The first kappa shape index (κ1) is 24.9. The maximum atomic E-state index is 13.5. The van der Waals surface area contributed by atoms with E-state index in [2.05, 4.69) is 19.7 Å². The number of nitrogens with one attached hydrogen (secondary N) is 1. The molecule has 0 aromatic carbocycles. The lowest BCUT2D eigenvalue weighted by Crippen LogP contribution is -2.23. The van der Waals surface area contributed by atoms with Crippen molar-refractivity contribution in [1.29, 1.82) is 0 Å². The molecule has 194 valence electrons. The molecule has 6 aromatic heterocycles. The highest BCUT2D eigenvalue weighted by Gasteiger charge is 2.23. The molecule has 0 spiro atoms. The fourth-order valence-electron chi connectivity index (χ4n) is 4.08. The minimum Gasteiger partial charge on any atom is -0.451 e. The second-order valence-corrected chi connectivity index (χ2v) is 10.8. The van der Waals surface area contributed by atoms with E-state index in [9.17, 15) is 9.59 Å². The van der Waals surface area contributed by atoms with E-state index >= 15 is 0 Å². The molecular formula is C26H18ClN7O3S2. The van der Waals surface area contributed by atoms with Crippen molar-refractivity contribution in [3.8, 4) is 22.5 Å². The number of carbonyl (C=O) groups excluding carboxylic acids is 1.